The van der Waals surface area contributed by atoms with Crippen molar-refractivity contribution < 1.29 is 0 Å². The molecule has 1 aliphatic carbocycles. The van der Waals surface area contributed by atoms with Gasteiger partial charge in [-0.1, -0.05) is 153 Å². The molecule has 0 radical (unpaired) electrons. The number of benzene rings is 8. The van der Waals surface area contributed by atoms with Gasteiger partial charge >= 0.3 is 0 Å². The van der Waals surface area contributed by atoms with Gasteiger partial charge < -0.3 is 0 Å². The van der Waals surface area contributed by atoms with E-state index in [1.165, 1.54) is 49.4 Å². The maximum absolute atomic E-state index is 5.30. The zero-order chi connectivity index (χ0) is 34.1. The zero-order valence-electron chi connectivity index (χ0n) is 28.4. The predicted molar refractivity (Wildman–Crippen MR) is 212 cm³/mol. The second-order valence-electron chi connectivity index (χ2n) is 14.1. The van der Waals surface area contributed by atoms with Crippen molar-refractivity contribution in [3.8, 4) is 56.4 Å². The van der Waals surface area contributed by atoms with Crippen LogP contribution in [0.1, 0.15) is 25.0 Å². The van der Waals surface area contributed by atoms with Gasteiger partial charge in [0, 0.05) is 22.1 Å². The Morgan fingerprint density at radius 3 is 1.65 bits per heavy atom. The summed E-state index contributed by atoms with van der Waals surface area (Å²) in [4.78, 5) is 15.6. The summed E-state index contributed by atoms with van der Waals surface area (Å²) in [6, 6.07) is 58.5. The minimum atomic E-state index is -0.169. The standard InChI is InChI=1S/C48H33N3/c1-48(2)43-19-11-10-18-38(43)41-29-42(40-28-36(24-25-39(40)44(41)48)35-22-20-30-12-6-8-16-33(30)26-35)47-50-45(32-14-4-3-5-15-32)49-46(51-47)37-23-21-31-13-7-9-17-34(31)27-37/h3-29H,1-2H3. The van der Waals surface area contributed by atoms with Crippen LogP contribution in [0.3, 0.4) is 0 Å². The summed E-state index contributed by atoms with van der Waals surface area (Å²) >= 11 is 0. The van der Waals surface area contributed by atoms with Crippen LogP contribution in [0, 0.1) is 0 Å². The highest BCUT2D eigenvalue weighted by Gasteiger charge is 2.37. The van der Waals surface area contributed by atoms with Gasteiger partial charge in [-0.05, 0) is 90.0 Å². The lowest BCUT2D eigenvalue weighted by Gasteiger charge is -2.24. The van der Waals surface area contributed by atoms with Gasteiger partial charge in [0.05, 0.1) is 0 Å². The lowest BCUT2D eigenvalue weighted by molar-refractivity contribution is 0.666. The molecule has 0 saturated heterocycles. The summed E-state index contributed by atoms with van der Waals surface area (Å²) in [7, 11) is 0. The van der Waals surface area contributed by atoms with Crippen molar-refractivity contribution >= 4 is 32.3 Å². The van der Waals surface area contributed by atoms with Crippen molar-refractivity contribution in [2.45, 2.75) is 19.3 Å². The van der Waals surface area contributed by atoms with Crippen molar-refractivity contribution in [1.82, 2.24) is 15.0 Å². The van der Waals surface area contributed by atoms with Crippen LogP contribution in [0.2, 0.25) is 0 Å². The third-order valence-electron chi connectivity index (χ3n) is 10.7. The molecule has 240 valence electrons. The zero-order valence-corrected chi connectivity index (χ0v) is 28.4. The van der Waals surface area contributed by atoms with Crippen molar-refractivity contribution in [3.05, 3.63) is 175 Å². The van der Waals surface area contributed by atoms with Gasteiger partial charge in [-0.25, -0.2) is 15.0 Å². The van der Waals surface area contributed by atoms with E-state index in [1.54, 1.807) is 0 Å². The van der Waals surface area contributed by atoms with E-state index in [9.17, 15) is 0 Å². The summed E-state index contributed by atoms with van der Waals surface area (Å²) in [5, 5.41) is 7.16. The Bertz CT molecular complexity index is 2830. The van der Waals surface area contributed by atoms with E-state index in [1.807, 2.05) is 18.2 Å². The number of rotatable bonds is 4. The fourth-order valence-electron chi connectivity index (χ4n) is 8.11. The molecule has 1 heterocycles. The third-order valence-corrected chi connectivity index (χ3v) is 10.7. The Balaban J connectivity index is 1.27. The summed E-state index contributed by atoms with van der Waals surface area (Å²) in [5.74, 6) is 1.98. The molecule has 0 amide bonds. The Hall–Kier alpha value is -6.45. The molecule has 8 aromatic carbocycles. The predicted octanol–water partition coefficient (Wildman–Crippen LogP) is 12.3. The Kier molecular flexibility index (Phi) is 6.53. The minimum Gasteiger partial charge on any atom is -0.208 e. The van der Waals surface area contributed by atoms with Crippen LogP contribution in [0.15, 0.2) is 164 Å². The summed E-state index contributed by atoms with van der Waals surface area (Å²) in [5.41, 5.74) is 10.3. The fourth-order valence-corrected chi connectivity index (χ4v) is 8.11. The highest BCUT2D eigenvalue weighted by molar-refractivity contribution is 6.07. The van der Waals surface area contributed by atoms with Gasteiger partial charge in [0.2, 0.25) is 0 Å². The molecule has 1 aromatic heterocycles. The summed E-state index contributed by atoms with van der Waals surface area (Å²) in [6.07, 6.45) is 0. The fraction of sp³-hybridized carbons (Fsp3) is 0.0625. The number of hydrogen-bond acceptors (Lipinski definition) is 3. The minimum absolute atomic E-state index is 0.169. The monoisotopic (exact) mass is 651 g/mol. The van der Waals surface area contributed by atoms with Crippen molar-refractivity contribution in [2.75, 3.05) is 0 Å². The van der Waals surface area contributed by atoms with E-state index in [-0.39, 0.29) is 5.41 Å². The van der Waals surface area contributed by atoms with E-state index in [4.69, 9.17) is 15.0 Å². The van der Waals surface area contributed by atoms with Crippen LogP contribution in [0.4, 0.5) is 0 Å². The molecule has 0 unspecified atom stereocenters. The highest BCUT2D eigenvalue weighted by Crippen LogP contribution is 2.53. The number of hydrogen-bond donors (Lipinski definition) is 0. The maximum Gasteiger partial charge on any atom is 0.164 e. The van der Waals surface area contributed by atoms with E-state index >= 15 is 0 Å². The largest absolute Gasteiger partial charge is 0.208 e. The van der Waals surface area contributed by atoms with E-state index < -0.39 is 0 Å². The third kappa shape index (κ3) is 4.77. The van der Waals surface area contributed by atoms with Gasteiger partial charge in [0.25, 0.3) is 0 Å². The topological polar surface area (TPSA) is 38.7 Å². The molecule has 0 fully saturated rings. The van der Waals surface area contributed by atoms with Crippen LogP contribution in [-0.4, -0.2) is 15.0 Å². The van der Waals surface area contributed by atoms with Crippen LogP contribution in [0.25, 0.3) is 88.7 Å². The molecule has 0 aliphatic heterocycles. The van der Waals surface area contributed by atoms with E-state index in [0.717, 1.165) is 33.0 Å². The van der Waals surface area contributed by atoms with Gasteiger partial charge in [-0.3, -0.25) is 0 Å². The van der Waals surface area contributed by atoms with Crippen LogP contribution >= 0.6 is 0 Å². The molecule has 0 bridgehead atoms. The van der Waals surface area contributed by atoms with Crippen LogP contribution in [-0.2, 0) is 5.41 Å². The average Bonchev–Trinajstić information content (AvgIpc) is 3.43. The normalized spacial score (nSPS) is 13.1. The first-order chi connectivity index (χ1) is 25.0. The second kappa shape index (κ2) is 11.3. The number of fused-ring (bicyclic) bond motifs is 7. The van der Waals surface area contributed by atoms with Gasteiger partial charge in [0.15, 0.2) is 17.5 Å². The molecule has 10 rings (SSSR count). The summed E-state index contributed by atoms with van der Waals surface area (Å²) in [6.45, 7) is 4.70. The maximum atomic E-state index is 5.30. The van der Waals surface area contributed by atoms with Crippen LogP contribution < -0.4 is 0 Å². The first-order valence-corrected chi connectivity index (χ1v) is 17.5. The molecule has 9 aromatic rings. The van der Waals surface area contributed by atoms with Gasteiger partial charge in [0.1, 0.15) is 0 Å². The smallest absolute Gasteiger partial charge is 0.164 e. The Morgan fingerprint density at radius 1 is 0.353 bits per heavy atom. The van der Waals surface area contributed by atoms with Gasteiger partial charge in [-0.2, -0.15) is 0 Å². The lowest BCUT2D eigenvalue weighted by Crippen LogP contribution is -2.15. The first-order valence-electron chi connectivity index (χ1n) is 17.5. The van der Waals surface area contributed by atoms with E-state index in [2.05, 4.69) is 159 Å². The summed E-state index contributed by atoms with van der Waals surface area (Å²) < 4.78 is 0. The molecule has 3 heteroatoms. The molecule has 1 aliphatic rings. The molecule has 3 nitrogen and oxygen atoms in total. The van der Waals surface area contributed by atoms with Crippen molar-refractivity contribution in [3.63, 3.8) is 0 Å². The highest BCUT2D eigenvalue weighted by atomic mass is 15.0. The van der Waals surface area contributed by atoms with Gasteiger partial charge in [-0.15, -0.1) is 0 Å². The average molecular weight is 652 g/mol. The number of aromatic nitrogens is 3. The van der Waals surface area contributed by atoms with Crippen LogP contribution in [0.5, 0.6) is 0 Å². The Labute approximate surface area is 297 Å². The number of nitrogens with zero attached hydrogens (tertiary/aromatic N) is 3. The van der Waals surface area contributed by atoms with E-state index in [0.29, 0.717) is 17.5 Å². The lowest BCUT2D eigenvalue weighted by atomic mass is 9.79. The molecule has 0 atom stereocenters. The molecule has 0 spiro atoms. The van der Waals surface area contributed by atoms with Crippen molar-refractivity contribution in [2.24, 2.45) is 0 Å². The SMILES string of the molecule is CC1(C)c2ccccc2-c2cc(-c3nc(-c4ccccc4)nc(-c4ccc5ccccc5c4)n3)c3cc(-c4ccc5ccccc5c4)ccc3c21. The first kappa shape index (κ1) is 29.5. The molecule has 0 saturated carbocycles. The molecular formula is C48H33N3. The quantitative estimate of drug-likeness (QED) is 0.190. The second-order valence-corrected chi connectivity index (χ2v) is 14.1. The molecule has 0 N–H and O–H groups in total. The van der Waals surface area contributed by atoms with Crippen molar-refractivity contribution in [1.29, 1.82) is 0 Å². The molecular weight excluding hydrogens is 619 g/mol. The Morgan fingerprint density at radius 2 is 0.902 bits per heavy atom. The molecule has 51 heavy (non-hydrogen) atoms.